The topological polar surface area (TPSA) is 32.3 Å². The van der Waals surface area contributed by atoms with Crippen LogP contribution in [-0.2, 0) is 4.79 Å². The summed E-state index contributed by atoms with van der Waals surface area (Å²) in [6, 6.07) is 10.5. The van der Waals surface area contributed by atoms with Gasteiger partial charge in [-0.15, -0.1) is 0 Å². The summed E-state index contributed by atoms with van der Waals surface area (Å²) in [5, 5.41) is 2.66. The van der Waals surface area contributed by atoms with Crippen molar-refractivity contribution in [2.45, 2.75) is 26.3 Å². The highest BCUT2D eigenvalue weighted by Crippen LogP contribution is 2.09. The second-order valence-electron chi connectivity index (χ2n) is 5.04. The molecule has 0 radical (unpaired) electrons. The number of nitrogens with one attached hydrogen (secondary N) is 1. The Balaban J connectivity index is 2.54. The van der Waals surface area contributed by atoms with Crippen molar-refractivity contribution in [1.29, 1.82) is 0 Å². The lowest BCUT2D eigenvalue weighted by Gasteiger charge is -2.24. The van der Waals surface area contributed by atoms with Crippen LogP contribution in [-0.4, -0.2) is 37.5 Å². The molecule has 1 aromatic carbocycles. The third-order valence-electron chi connectivity index (χ3n) is 3.22. The summed E-state index contributed by atoms with van der Waals surface area (Å²) in [5.41, 5.74) is 2.50. The summed E-state index contributed by atoms with van der Waals surface area (Å²) in [7, 11) is 3.73. The van der Waals surface area contributed by atoms with E-state index in [9.17, 15) is 4.79 Å². The summed E-state index contributed by atoms with van der Waals surface area (Å²) in [4.78, 5) is 13.5. The Kier molecular flexibility index (Phi) is 6.30. The number of hydrogen-bond acceptors (Lipinski definition) is 2. The van der Waals surface area contributed by atoms with Crippen LogP contribution in [0.4, 0.5) is 0 Å². The molecular formula is C16H24N2O. The van der Waals surface area contributed by atoms with E-state index in [4.69, 9.17) is 0 Å². The maximum atomic E-state index is 11.4. The van der Waals surface area contributed by atoms with Crippen LogP contribution in [0.15, 0.2) is 35.9 Å². The normalized spacial score (nSPS) is 13.4. The molecule has 0 aliphatic rings. The van der Waals surface area contributed by atoms with E-state index < -0.39 is 0 Å². The second kappa shape index (κ2) is 7.74. The minimum absolute atomic E-state index is 0.0871. The van der Waals surface area contributed by atoms with Gasteiger partial charge in [-0.25, -0.2) is 0 Å². The molecule has 0 aliphatic carbocycles. The molecule has 1 N–H and O–H groups in total. The summed E-state index contributed by atoms with van der Waals surface area (Å²) in [6.45, 7) is 5.06. The van der Waals surface area contributed by atoms with Gasteiger partial charge < -0.3 is 5.32 Å². The molecule has 1 amide bonds. The van der Waals surface area contributed by atoms with Crippen molar-refractivity contribution in [1.82, 2.24) is 10.2 Å². The lowest BCUT2D eigenvalue weighted by atomic mass is 10.1. The van der Waals surface area contributed by atoms with Crippen LogP contribution in [0.1, 0.15) is 25.8 Å². The number of benzene rings is 1. The van der Waals surface area contributed by atoms with Gasteiger partial charge in [0.25, 0.3) is 0 Å². The lowest BCUT2D eigenvalue weighted by Crippen LogP contribution is -2.35. The number of nitrogens with zero attached hydrogens (tertiary/aromatic N) is 1. The third-order valence-corrected chi connectivity index (χ3v) is 3.22. The van der Waals surface area contributed by atoms with E-state index in [0.717, 1.165) is 6.54 Å². The number of amides is 1. The number of rotatable bonds is 6. The average Bonchev–Trinajstić information content (AvgIpc) is 2.39. The van der Waals surface area contributed by atoms with Crippen LogP contribution in [0.2, 0.25) is 0 Å². The van der Waals surface area contributed by atoms with Crippen molar-refractivity contribution in [3.63, 3.8) is 0 Å². The first-order chi connectivity index (χ1) is 9.02. The maximum Gasteiger partial charge on any atom is 0.221 e. The van der Waals surface area contributed by atoms with E-state index >= 15 is 0 Å². The van der Waals surface area contributed by atoms with Crippen molar-refractivity contribution in [3.8, 4) is 0 Å². The molecule has 1 unspecified atom stereocenters. The van der Waals surface area contributed by atoms with Gasteiger partial charge in [-0.3, -0.25) is 9.69 Å². The number of carbonyl (C=O) groups is 1. The van der Waals surface area contributed by atoms with Gasteiger partial charge in [0.2, 0.25) is 5.91 Å². The zero-order chi connectivity index (χ0) is 14.3. The Morgan fingerprint density at radius 2 is 2.00 bits per heavy atom. The molecule has 3 nitrogen and oxygen atoms in total. The standard InChI is InChI=1S/C16H24N2O/c1-13(10-15-8-6-5-7-9-15)12-18(4)14(2)11-16(19)17-3/h5-10,14H,11-12H2,1-4H3,(H,17,19)/b13-10+. The Labute approximate surface area is 116 Å². The Morgan fingerprint density at radius 1 is 1.37 bits per heavy atom. The van der Waals surface area contributed by atoms with Gasteiger partial charge in [-0.2, -0.15) is 0 Å². The third kappa shape index (κ3) is 5.71. The molecule has 0 spiro atoms. The van der Waals surface area contributed by atoms with Gasteiger partial charge in [0.05, 0.1) is 0 Å². The summed E-state index contributed by atoms with van der Waals surface area (Å²) < 4.78 is 0. The predicted octanol–water partition coefficient (Wildman–Crippen LogP) is 2.55. The SMILES string of the molecule is CNC(=O)CC(C)N(C)C/C(C)=C/c1ccccc1. The molecule has 0 heterocycles. The molecule has 0 aromatic heterocycles. The summed E-state index contributed by atoms with van der Waals surface area (Å²) in [5.74, 6) is 0.0871. The van der Waals surface area contributed by atoms with E-state index in [1.54, 1.807) is 7.05 Å². The lowest BCUT2D eigenvalue weighted by molar-refractivity contribution is -0.121. The summed E-state index contributed by atoms with van der Waals surface area (Å²) in [6.07, 6.45) is 2.72. The van der Waals surface area contributed by atoms with Gasteiger partial charge in [0.1, 0.15) is 0 Å². The first kappa shape index (κ1) is 15.4. The van der Waals surface area contributed by atoms with Crippen LogP contribution in [0.25, 0.3) is 6.08 Å². The van der Waals surface area contributed by atoms with Crippen LogP contribution in [0.5, 0.6) is 0 Å². The highest BCUT2D eigenvalue weighted by molar-refractivity contribution is 5.76. The van der Waals surface area contributed by atoms with E-state index in [1.165, 1.54) is 11.1 Å². The highest BCUT2D eigenvalue weighted by Gasteiger charge is 2.12. The van der Waals surface area contributed by atoms with Crippen molar-refractivity contribution in [3.05, 3.63) is 41.5 Å². The number of likely N-dealkylation sites (N-methyl/N-ethyl adjacent to an activating group) is 1. The van der Waals surface area contributed by atoms with Crippen LogP contribution >= 0.6 is 0 Å². The smallest absolute Gasteiger partial charge is 0.221 e. The molecule has 0 bridgehead atoms. The van der Waals surface area contributed by atoms with Gasteiger partial charge in [0, 0.05) is 26.1 Å². The Bertz CT molecular complexity index is 426. The summed E-state index contributed by atoms with van der Waals surface area (Å²) >= 11 is 0. The van der Waals surface area contributed by atoms with Gasteiger partial charge >= 0.3 is 0 Å². The molecule has 0 aliphatic heterocycles. The minimum atomic E-state index is 0.0871. The zero-order valence-corrected chi connectivity index (χ0v) is 12.3. The van der Waals surface area contributed by atoms with Crippen molar-refractivity contribution in [2.75, 3.05) is 20.6 Å². The predicted molar refractivity (Wildman–Crippen MR) is 80.9 cm³/mol. The van der Waals surface area contributed by atoms with E-state index in [1.807, 2.05) is 18.2 Å². The molecule has 1 atom stereocenters. The van der Waals surface area contributed by atoms with Crippen LogP contribution in [0, 0.1) is 0 Å². The monoisotopic (exact) mass is 260 g/mol. The van der Waals surface area contributed by atoms with Crippen LogP contribution in [0.3, 0.4) is 0 Å². The highest BCUT2D eigenvalue weighted by atomic mass is 16.1. The molecule has 104 valence electrons. The average molecular weight is 260 g/mol. The molecule has 1 rings (SSSR count). The Morgan fingerprint density at radius 3 is 2.58 bits per heavy atom. The van der Waals surface area contributed by atoms with Gasteiger partial charge in [0.15, 0.2) is 0 Å². The molecule has 19 heavy (non-hydrogen) atoms. The number of carbonyl (C=O) groups excluding carboxylic acids is 1. The largest absolute Gasteiger partial charge is 0.359 e. The van der Waals surface area contributed by atoms with Crippen LogP contribution < -0.4 is 5.32 Å². The minimum Gasteiger partial charge on any atom is -0.359 e. The van der Waals surface area contributed by atoms with E-state index in [-0.39, 0.29) is 11.9 Å². The van der Waals surface area contributed by atoms with Crippen molar-refractivity contribution in [2.24, 2.45) is 0 Å². The molecular weight excluding hydrogens is 236 g/mol. The maximum absolute atomic E-state index is 11.4. The quantitative estimate of drug-likeness (QED) is 0.852. The molecule has 0 fully saturated rings. The fourth-order valence-corrected chi connectivity index (χ4v) is 1.95. The van der Waals surface area contributed by atoms with Crippen molar-refractivity contribution < 1.29 is 4.79 Å². The molecule has 1 aromatic rings. The fourth-order valence-electron chi connectivity index (χ4n) is 1.95. The van der Waals surface area contributed by atoms with Gasteiger partial charge in [-0.1, -0.05) is 42.0 Å². The molecule has 3 heteroatoms. The second-order valence-corrected chi connectivity index (χ2v) is 5.04. The Hall–Kier alpha value is -1.61. The fraction of sp³-hybridized carbons (Fsp3) is 0.438. The van der Waals surface area contributed by atoms with Gasteiger partial charge in [-0.05, 0) is 26.5 Å². The zero-order valence-electron chi connectivity index (χ0n) is 12.3. The number of hydrogen-bond donors (Lipinski definition) is 1. The van der Waals surface area contributed by atoms with E-state index in [0.29, 0.717) is 6.42 Å². The van der Waals surface area contributed by atoms with E-state index in [2.05, 4.69) is 49.3 Å². The molecule has 0 saturated heterocycles. The van der Waals surface area contributed by atoms with Crippen molar-refractivity contribution >= 4 is 12.0 Å². The molecule has 0 saturated carbocycles. The first-order valence-corrected chi connectivity index (χ1v) is 6.66. The first-order valence-electron chi connectivity index (χ1n) is 6.66.